The Balaban J connectivity index is 2.21. The van der Waals surface area contributed by atoms with E-state index in [1.807, 2.05) is 18.2 Å². The van der Waals surface area contributed by atoms with Crippen LogP contribution in [-0.2, 0) is 6.54 Å². The summed E-state index contributed by atoms with van der Waals surface area (Å²) in [5.41, 5.74) is 7.33. The normalized spacial score (nSPS) is 10.3. The minimum atomic E-state index is -0.536. The van der Waals surface area contributed by atoms with Crippen LogP contribution in [0.25, 0.3) is 0 Å². The molecule has 0 aliphatic heterocycles. The highest BCUT2D eigenvalue weighted by Gasteiger charge is 2.17. The molecule has 0 heterocycles. The van der Waals surface area contributed by atoms with Crippen LogP contribution in [-0.4, -0.2) is 17.9 Å². The molecular weight excluding hydrogens is 323 g/mol. The molecule has 0 aliphatic carbocycles. The van der Waals surface area contributed by atoms with Gasteiger partial charge < -0.3 is 10.6 Å². The third-order valence-electron chi connectivity index (χ3n) is 2.97. The van der Waals surface area contributed by atoms with E-state index in [0.29, 0.717) is 16.7 Å². The predicted molar refractivity (Wildman–Crippen MR) is 80.8 cm³/mol. The number of anilines is 1. The molecule has 1 amide bonds. The molecule has 2 aromatic rings. The van der Waals surface area contributed by atoms with Crippen molar-refractivity contribution >= 4 is 27.5 Å². The van der Waals surface area contributed by atoms with E-state index in [9.17, 15) is 9.18 Å². The van der Waals surface area contributed by atoms with Crippen molar-refractivity contribution in [1.29, 1.82) is 0 Å². The summed E-state index contributed by atoms with van der Waals surface area (Å²) in [5, 5.41) is 0. The Morgan fingerprint density at radius 3 is 2.70 bits per heavy atom. The first kappa shape index (κ1) is 14.5. The van der Waals surface area contributed by atoms with Crippen molar-refractivity contribution in [2.45, 2.75) is 6.54 Å². The molecule has 0 aromatic heterocycles. The number of carbonyl (C=O) groups excluding carboxylic acids is 1. The second-order valence-electron chi connectivity index (χ2n) is 4.48. The first-order valence-corrected chi connectivity index (χ1v) is 6.82. The van der Waals surface area contributed by atoms with Gasteiger partial charge >= 0.3 is 0 Å². The minimum Gasteiger partial charge on any atom is -0.398 e. The molecule has 2 N–H and O–H groups in total. The summed E-state index contributed by atoms with van der Waals surface area (Å²) in [6.07, 6.45) is 0. The maximum absolute atomic E-state index is 13.7. The van der Waals surface area contributed by atoms with E-state index in [-0.39, 0.29) is 11.5 Å². The lowest BCUT2D eigenvalue weighted by atomic mass is 10.1. The molecule has 0 saturated heterocycles. The van der Waals surface area contributed by atoms with Gasteiger partial charge in [0.15, 0.2) is 0 Å². The van der Waals surface area contributed by atoms with E-state index in [4.69, 9.17) is 5.73 Å². The molecule has 0 radical (unpaired) electrons. The number of rotatable bonds is 3. The monoisotopic (exact) mass is 336 g/mol. The van der Waals surface area contributed by atoms with Crippen molar-refractivity contribution in [3.05, 3.63) is 63.9 Å². The van der Waals surface area contributed by atoms with Crippen LogP contribution in [0, 0.1) is 5.82 Å². The largest absolute Gasteiger partial charge is 0.398 e. The van der Waals surface area contributed by atoms with Crippen molar-refractivity contribution in [1.82, 2.24) is 4.90 Å². The maximum atomic E-state index is 13.7. The summed E-state index contributed by atoms with van der Waals surface area (Å²) in [7, 11) is 1.62. The number of halogens is 2. The first-order valence-electron chi connectivity index (χ1n) is 6.03. The summed E-state index contributed by atoms with van der Waals surface area (Å²) in [6, 6.07) is 11.6. The van der Waals surface area contributed by atoms with Crippen molar-refractivity contribution in [2.75, 3.05) is 12.8 Å². The van der Waals surface area contributed by atoms with E-state index in [2.05, 4.69) is 15.9 Å². The summed E-state index contributed by atoms with van der Waals surface area (Å²) < 4.78 is 14.4. The highest BCUT2D eigenvalue weighted by Crippen LogP contribution is 2.19. The van der Waals surface area contributed by atoms with Gasteiger partial charge in [-0.3, -0.25) is 4.79 Å². The molecule has 2 aromatic carbocycles. The number of benzene rings is 2. The fraction of sp³-hybridized carbons (Fsp3) is 0.133. The lowest BCUT2D eigenvalue weighted by molar-refractivity contribution is 0.0780. The van der Waals surface area contributed by atoms with Crippen molar-refractivity contribution in [2.24, 2.45) is 0 Å². The number of nitrogen functional groups attached to an aromatic ring is 1. The van der Waals surface area contributed by atoms with Crippen LogP contribution >= 0.6 is 15.9 Å². The lowest BCUT2D eigenvalue weighted by Crippen LogP contribution is -2.27. The number of carbonyl (C=O) groups is 1. The molecule has 20 heavy (non-hydrogen) atoms. The van der Waals surface area contributed by atoms with Crippen LogP contribution in [0.3, 0.4) is 0 Å². The second kappa shape index (κ2) is 6.05. The number of amides is 1. The number of para-hydroxylation sites is 1. The van der Waals surface area contributed by atoms with Crippen LogP contribution in [0.5, 0.6) is 0 Å². The van der Waals surface area contributed by atoms with Gasteiger partial charge in [-0.2, -0.15) is 0 Å². The van der Waals surface area contributed by atoms with Gasteiger partial charge in [-0.15, -0.1) is 0 Å². The molecule has 0 aliphatic rings. The molecule has 5 heteroatoms. The average Bonchev–Trinajstić information content (AvgIpc) is 2.43. The molecule has 0 unspecified atom stereocenters. The van der Waals surface area contributed by atoms with Gasteiger partial charge in [-0.25, -0.2) is 4.39 Å². The average molecular weight is 337 g/mol. The zero-order valence-corrected chi connectivity index (χ0v) is 12.5. The van der Waals surface area contributed by atoms with E-state index in [1.165, 1.54) is 17.0 Å². The van der Waals surface area contributed by atoms with Crippen LogP contribution in [0.1, 0.15) is 15.9 Å². The van der Waals surface area contributed by atoms with Crippen LogP contribution in [0.4, 0.5) is 10.1 Å². The van der Waals surface area contributed by atoms with Gasteiger partial charge in [0.05, 0.1) is 5.56 Å². The fourth-order valence-electron chi connectivity index (χ4n) is 1.87. The highest BCUT2D eigenvalue weighted by molar-refractivity contribution is 9.10. The standard InChI is InChI=1S/C15H14BrFN2O/c1-19(9-10-4-2-3-5-14(10)18)15(20)12-8-11(16)6-7-13(12)17/h2-8H,9,18H2,1H3. The number of nitrogens with two attached hydrogens (primary N) is 1. The van der Waals surface area contributed by atoms with Crippen molar-refractivity contribution in [3.8, 4) is 0 Å². The Bertz CT molecular complexity index is 646. The van der Waals surface area contributed by atoms with Crippen LogP contribution in [0.15, 0.2) is 46.9 Å². The van der Waals surface area contributed by atoms with Gasteiger partial charge in [0.25, 0.3) is 5.91 Å². The first-order chi connectivity index (χ1) is 9.49. The molecule has 2 rings (SSSR count). The van der Waals surface area contributed by atoms with Gasteiger partial charge in [-0.1, -0.05) is 34.1 Å². The second-order valence-corrected chi connectivity index (χ2v) is 5.40. The van der Waals surface area contributed by atoms with E-state index < -0.39 is 5.82 Å². The topological polar surface area (TPSA) is 46.3 Å². The third-order valence-corrected chi connectivity index (χ3v) is 3.46. The summed E-state index contributed by atoms with van der Waals surface area (Å²) >= 11 is 3.23. The van der Waals surface area contributed by atoms with Gasteiger partial charge in [-0.05, 0) is 29.8 Å². The molecule has 104 valence electrons. The Hall–Kier alpha value is -1.88. The number of hydrogen-bond donors (Lipinski definition) is 1. The molecular formula is C15H14BrFN2O. The zero-order valence-electron chi connectivity index (χ0n) is 10.9. The number of nitrogens with zero attached hydrogens (tertiary/aromatic N) is 1. The van der Waals surface area contributed by atoms with E-state index in [1.54, 1.807) is 19.2 Å². The molecule has 0 saturated carbocycles. The van der Waals surface area contributed by atoms with Crippen molar-refractivity contribution < 1.29 is 9.18 Å². The quantitative estimate of drug-likeness (QED) is 0.872. The van der Waals surface area contributed by atoms with Crippen LogP contribution < -0.4 is 5.73 Å². The van der Waals surface area contributed by atoms with E-state index >= 15 is 0 Å². The summed E-state index contributed by atoms with van der Waals surface area (Å²) in [4.78, 5) is 13.7. The van der Waals surface area contributed by atoms with Gasteiger partial charge in [0, 0.05) is 23.8 Å². The maximum Gasteiger partial charge on any atom is 0.256 e. The molecule has 0 spiro atoms. The lowest BCUT2D eigenvalue weighted by Gasteiger charge is -2.18. The molecule has 0 bridgehead atoms. The van der Waals surface area contributed by atoms with Crippen molar-refractivity contribution in [3.63, 3.8) is 0 Å². The number of hydrogen-bond acceptors (Lipinski definition) is 2. The zero-order chi connectivity index (χ0) is 14.7. The SMILES string of the molecule is CN(Cc1ccccc1N)C(=O)c1cc(Br)ccc1F. The molecule has 0 atom stereocenters. The van der Waals surface area contributed by atoms with Gasteiger partial charge in [0.2, 0.25) is 0 Å². The smallest absolute Gasteiger partial charge is 0.256 e. The van der Waals surface area contributed by atoms with Crippen LogP contribution in [0.2, 0.25) is 0 Å². The highest BCUT2D eigenvalue weighted by atomic mass is 79.9. The Labute approximate surface area is 125 Å². The molecule has 0 fully saturated rings. The minimum absolute atomic E-state index is 0.0383. The fourth-order valence-corrected chi connectivity index (χ4v) is 2.23. The Morgan fingerprint density at radius 2 is 2.00 bits per heavy atom. The molecule has 3 nitrogen and oxygen atoms in total. The third kappa shape index (κ3) is 3.17. The van der Waals surface area contributed by atoms with Gasteiger partial charge in [0.1, 0.15) is 5.82 Å². The predicted octanol–water partition coefficient (Wildman–Crippen LogP) is 3.44. The van der Waals surface area contributed by atoms with E-state index in [0.717, 1.165) is 5.56 Å². The Morgan fingerprint density at radius 1 is 1.30 bits per heavy atom. The summed E-state index contributed by atoms with van der Waals surface area (Å²) in [5.74, 6) is -0.918. The summed E-state index contributed by atoms with van der Waals surface area (Å²) in [6.45, 7) is 0.331. The Kier molecular flexibility index (Phi) is 4.39.